The molecule has 2 heterocycles. The lowest BCUT2D eigenvalue weighted by Crippen LogP contribution is -2.36. The fourth-order valence-electron chi connectivity index (χ4n) is 3.38. The topological polar surface area (TPSA) is 130 Å². The van der Waals surface area contributed by atoms with Gasteiger partial charge in [-0.15, -0.1) is 0 Å². The number of carbonyl (C=O) groups is 6. The van der Waals surface area contributed by atoms with Crippen LogP contribution in [0.15, 0.2) is 30.3 Å². The zero-order valence-corrected chi connectivity index (χ0v) is 18.3. The second-order valence-corrected chi connectivity index (χ2v) is 7.96. The molecule has 0 saturated heterocycles. The first-order valence-electron chi connectivity index (χ1n) is 9.35. The lowest BCUT2D eigenvalue weighted by atomic mass is 10.1. The van der Waals surface area contributed by atoms with Gasteiger partial charge in [-0.2, -0.15) is 0 Å². The minimum absolute atomic E-state index is 0.00947. The van der Waals surface area contributed by atoms with Crippen molar-refractivity contribution >= 4 is 64.4 Å². The second-order valence-electron chi connectivity index (χ2n) is 7.15. The number of hydrogen-bond donors (Lipinski definition) is 1. The zero-order valence-electron chi connectivity index (χ0n) is 16.8. The lowest BCUT2D eigenvalue weighted by Gasteiger charge is -2.13. The first kappa shape index (κ1) is 22.4. The van der Waals surface area contributed by atoms with Crippen LogP contribution >= 0.6 is 23.2 Å². The molecular formula is C21H13Cl2N3O7. The molecule has 0 aromatic heterocycles. The quantitative estimate of drug-likeness (QED) is 0.501. The molecule has 0 radical (unpaired) electrons. The Kier molecular flexibility index (Phi) is 5.64. The molecule has 0 unspecified atom stereocenters. The molecule has 0 aliphatic carbocycles. The number of nitrogens with one attached hydrogen (secondary N) is 1. The first-order valence-corrected chi connectivity index (χ1v) is 10.1. The molecule has 0 bridgehead atoms. The summed E-state index contributed by atoms with van der Waals surface area (Å²) in [6.07, 6.45) is 0. The van der Waals surface area contributed by atoms with Gasteiger partial charge in [0.05, 0.1) is 32.3 Å². The van der Waals surface area contributed by atoms with Gasteiger partial charge in [0, 0.05) is 12.7 Å². The Morgan fingerprint density at radius 3 is 2.00 bits per heavy atom. The van der Waals surface area contributed by atoms with E-state index < -0.39 is 48.7 Å². The van der Waals surface area contributed by atoms with Crippen LogP contribution in [-0.4, -0.2) is 65.5 Å². The molecule has 12 heteroatoms. The lowest BCUT2D eigenvalue weighted by molar-refractivity contribution is -0.147. The number of ether oxygens (including phenoxy) is 1. The monoisotopic (exact) mass is 489 g/mol. The van der Waals surface area contributed by atoms with Crippen molar-refractivity contribution in [3.63, 3.8) is 0 Å². The van der Waals surface area contributed by atoms with Gasteiger partial charge in [-0.3, -0.25) is 38.6 Å². The zero-order chi connectivity index (χ0) is 24.0. The number of amides is 5. The summed E-state index contributed by atoms with van der Waals surface area (Å²) in [5.41, 5.74) is 0.601. The Morgan fingerprint density at radius 1 is 0.848 bits per heavy atom. The van der Waals surface area contributed by atoms with Crippen molar-refractivity contribution in [2.24, 2.45) is 0 Å². The van der Waals surface area contributed by atoms with Crippen molar-refractivity contribution in [3.05, 3.63) is 62.6 Å². The van der Waals surface area contributed by atoms with Crippen LogP contribution in [0.25, 0.3) is 0 Å². The summed E-state index contributed by atoms with van der Waals surface area (Å²) in [7, 11) is 1.35. The van der Waals surface area contributed by atoms with Crippen molar-refractivity contribution < 1.29 is 33.5 Å². The Labute approximate surface area is 196 Å². The van der Waals surface area contributed by atoms with E-state index in [0.29, 0.717) is 4.90 Å². The van der Waals surface area contributed by atoms with Crippen LogP contribution in [0.3, 0.4) is 0 Å². The molecule has 2 aromatic rings. The Morgan fingerprint density at radius 2 is 1.39 bits per heavy atom. The second kappa shape index (κ2) is 8.30. The fraction of sp³-hybridized carbons (Fsp3) is 0.143. The van der Waals surface area contributed by atoms with Crippen LogP contribution in [0.2, 0.25) is 10.0 Å². The molecule has 2 aromatic carbocycles. The van der Waals surface area contributed by atoms with E-state index in [4.69, 9.17) is 27.9 Å². The van der Waals surface area contributed by atoms with Gasteiger partial charge in [-0.1, -0.05) is 23.2 Å². The van der Waals surface area contributed by atoms with E-state index in [0.717, 1.165) is 4.90 Å². The normalized spacial score (nSPS) is 14.5. The van der Waals surface area contributed by atoms with Gasteiger partial charge in [0.1, 0.15) is 6.54 Å². The van der Waals surface area contributed by atoms with Gasteiger partial charge in [0.25, 0.3) is 29.5 Å². The minimum Gasteiger partial charge on any atom is -0.454 e. The summed E-state index contributed by atoms with van der Waals surface area (Å²) in [5.74, 6) is -4.14. The third-order valence-electron chi connectivity index (χ3n) is 5.04. The van der Waals surface area contributed by atoms with Crippen molar-refractivity contribution in [1.29, 1.82) is 0 Å². The molecule has 5 amide bonds. The van der Waals surface area contributed by atoms with Crippen LogP contribution < -0.4 is 5.32 Å². The maximum Gasteiger partial charge on any atom is 0.326 e. The van der Waals surface area contributed by atoms with E-state index in [1.807, 2.05) is 0 Å². The summed E-state index contributed by atoms with van der Waals surface area (Å²) >= 11 is 11.8. The predicted molar refractivity (Wildman–Crippen MR) is 114 cm³/mol. The van der Waals surface area contributed by atoms with Crippen LogP contribution in [-0.2, 0) is 14.3 Å². The standard InChI is InChI=1S/C21H13Cl2N3O7/c1-25-18(29)10-3-2-9(4-11(10)19(25)30)24-16(27)8-33-17(28)7-26-20(31)12-5-14(22)15(23)6-13(12)21(26)32/h2-6H,7-8H2,1H3,(H,24,27). The highest BCUT2D eigenvalue weighted by Gasteiger charge is 2.38. The predicted octanol–water partition coefficient (Wildman–Crippen LogP) is 2.00. The summed E-state index contributed by atoms with van der Waals surface area (Å²) in [5, 5.41) is 2.61. The van der Waals surface area contributed by atoms with Crippen LogP contribution in [0.4, 0.5) is 5.69 Å². The van der Waals surface area contributed by atoms with Crippen molar-refractivity contribution in [1.82, 2.24) is 9.80 Å². The van der Waals surface area contributed by atoms with E-state index in [1.165, 1.54) is 37.4 Å². The van der Waals surface area contributed by atoms with Crippen molar-refractivity contribution in [3.8, 4) is 0 Å². The van der Waals surface area contributed by atoms with Crippen LogP contribution in [0, 0.1) is 0 Å². The SMILES string of the molecule is CN1C(=O)c2ccc(NC(=O)COC(=O)CN3C(=O)c4cc(Cl)c(Cl)cc4C3=O)cc2C1=O. The molecule has 33 heavy (non-hydrogen) atoms. The number of hydrogen-bond acceptors (Lipinski definition) is 7. The number of carbonyl (C=O) groups excluding carboxylic acids is 6. The number of rotatable bonds is 5. The Bertz CT molecular complexity index is 1250. The molecular weight excluding hydrogens is 477 g/mol. The first-order chi connectivity index (χ1) is 15.6. The van der Waals surface area contributed by atoms with Gasteiger partial charge in [-0.25, -0.2) is 0 Å². The highest BCUT2D eigenvalue weighted by Crippen LogP contribution is 2.31. The van der Waals surface area contributed by atoms with E-state index in [1.54, 1.807) is 0 Å². The molecule has 4 rings (SSSR count). The molecule has 1 N–H and O–H groups in total. The number of esters is 1. The molecule has 0 saturated carbocycles. The van der Waals surface area contributed by atoms with E-state index in [-0.39, 0.29) is 38.0 Å². The largest absolute Gasteiger partial charge is 0.454 e. The summed E-state index contributed by atoms with van der Waals surface area (Å²) in [6.45, 7) is -1.42. The number of halogens is 2. The van der Waals surface area contributed by atoms with Gasteiger partial charge < -0.3 is 10.1 Å². The summed E-state index contributed by atoms with van der Waals surface area (Å²) in [6, 6.07) is 6.66. The third-order valence-corrected chi connectivity index (χ3v) is 5.76. The number of anilines is 1. The molecule has 2 aliphatic rings. The van der Waals surface area contributed by atoms with Gasteiger partial charge >= 0.3 is 5.97 Å². The van der Waals surface area contributed by atoms with Crippen molar-refractivity contribution in [2.45, 2.75) is 0 Å². The van der Waals surface area contributed by atoms with Gasteiger partial charge in [0.15, 0.2) is 6.61 Å². The van der Waals surface area contributed by atoms with Crippen molar-refractivity contribution in [2.75, 3.05) is 25.5 Å². The minimum atomic E-state index is -0.992. The van der Waals surface area contributed by atoms with E-state index in [2.05, 4.69) is 5.32 Å². The molecule has 0 atom stereocenters. The average molecular weight is 490 g/mol. The summed E-state index contributed by atoms with van der Waals surface area (Å²) < 4.78 is 4.85. The molecule has 168 valence electrons. The van der Waals surface area contributed by atoms with Gasteiger partial charge in [0.2, 0.25) is 0 Å². The smallest absolute Gasteiger partial charge is 0.326 e. The number of benzene rings is 2. The maximum absolute atomic E-state index is 12.4. The van der Waals surface area contributed by atoms with Crippen LogP contribution in [0.5, 0.6) is 0 Å². The highest BCUT2D eigenvalue weighted by atomic mass is 35.5. The molecule has 2 aliphatic heterocycles. The van der Waals surface area contributed by atoms with Gasteiger partial charge in [-0.05, 0) is 30.3 Å². The Hall–Kier alpha value is -3.76. The highest BCUT2D eigenvalue weighted by molar-refractivity contribution is 6.43. The van der Waals surface area contributed by atoms with E-state index >= 15 is 0 Å². The Balaban J connectivity index is 1.34. The maximum atomic E-state index is 12.4. The fourth-order valence-corrected chi connectivity index (χ4v) is 3.71. The third kappa shape index (κ3) is 3.94. The van der Waals surface area contributed by atoms with Crippen LogP contribution in [0.1, 0.15) is 41.4 Å². The number of nitrogens with zero attached hydrogens (tertiary/aromatic N) is 2. The molecule has 10 nitrogen and oxygen atoms in total. The van der Waals surface area contributed by atoms with E-state index in [9.17, 15) is 28.8 Å². The number of fused-ring (bicyclic) bond motifs is 2. The number of imide groups is 2. The molecule has 0 fully saturated rings. The summed E-state index contributed by atoms with van der Waals surface area (Å²) in [4.78, 5) is 74.6. The molecule has 0 spiro atoms. The average Bonchev–Trinajstić information content (AvgIpc) is 3.13.